The van der Waals surface area contributed by atoms with E-state index in [0.29, 0.717) is 17.1 Å². The zero-order valence-electron chi connectivity index (χ0n) is 10.4. The van der Waals surface area contributed by atoms with Crippen LogP contribution < -0.4 is 5.56 Å². The Balaban J connectivity index is 2.12. The van der Waals surface area contributed by atoms with Crippen molar-refractivity contribution >= 4 is 29.4 Å². The average Bonchev–Trinajstić information content (AvgIpc) is 2.82. The van der Waals surface area contributed by atoms with Gasteiger partial charge in [-0.2, -0.15) is 0 Å². The molecule has 1 aliphatic rings. The minimum absolute atomic E-state index is 0.137. The third-order valence-electron chi connectivity index (χ3n) is 3.11. The number of hydrogen-bond donors (Lipinski definition) is 3. The fourth-order valence-electron chi connectivity index (χ4n) is 2.13. The third-order valence-corrected chi connectivity index (χ3v) is 3.32. The molecule has 21 heavy (non-hydrogen) atoms. The van der Waals surface area contributed by atoms with Gasteiger partial charge < -0.3 is 10.1 Å². The highest BCUT2D eigenvalue weighted by Crippen LogP contribution is 2.30. The summed E-state index contributed by atoms with van der Waals surface area (Å²) >= 11 is 4.86. The van der Waals surface area contributed by atoms with Crippen LogP contribution in [0.1, 0.15) is 11.1 Å². The number of H-pyrrole nitrogens is 2. The molecule has 106 valence electrons. The van der Waals surface area contributed by atoms with Crippen LogP contribution in [0.3, 0.4) is 0 Å². The number of aliphatic imine (C=N–C) groups is 1. The molecule has 8 nitrogen and oxygen atoms in total. The Morgan fingerprint density at radius 1 is 1.38 bits per heavy atom. The predicted molar refractivity (Wildman–Crippen MR) is 76.9 cm³/mol. The summed E-state index contributed by atoms with van der Waals surface area (Å²) < 4.78 is 0.145. The number of nitro benzene ring substituents is 1. The SMILES string of the molecule is O=c1[nH]c(=S)[nH]c2c1CC(c1cc([N+](=O)[O-])ccc1O)=N2. The molecule has 0 unspecified atom stereocenters. The molecule has 0 radical (unpaired) electrons. The van der Waals surface area contributed by atoms with Crippen molar-refractivity contribution in [1.82, 2.24) is 9.97 Å². The zero-order chi connectivity index (χ0) is 15.1. The molecule has 0 aliphatic carbocycles. The highest BCUT2D eigenvalue weighted by atomic mass is 32.1. The maximum Gasteiger partial charge on any atom is 0.270 e. The van der Waals surface area contributed by atoms with Gasteiger partial charge in [0.1, 0.15) is 11.6 Å². The van der Waals surface area contributed by atoms with Gasteiger partial charge in [0.2, 0.25) is 0 Å². The van der Waals surface area contributed by atoms with Gasteiger partial charge in [0, 0.05) is 24.1 Å². The van der Waals surface area contributed by atoms with Crippen LogP contribution in [-0.4, -0.2) is 25.7 Å². The summed E-state index contributed by atoms with van der Waals surface area (Å²) in [6.07, 6.45) is 0.158. The van der Waals surface area contributed by atoms with Crippen molar-refractivity contribution in [3.63, 3.8) is 0 Å². The number of aromatic amines is 2. The molecule has 0 fully saturated rings. The number of phenolic OH excluding ortho intramolecular Hbond substituents is 1. The van der Waals surface area contributed by atoms with Gasteiger partial charge in [-0.1, -0.05) is 0 Å². The number of fused-ring (bicyclic) bond motifs is 1. The van der Waals surface area contributed by atoms with Crippen molar-refractivity contribution in [2.45, 2.75) is 6.42 Å². The van der Waals surface area contributed by atoms with Gasteiger partial charge >= 0.3 is 0 Å². The van der Waals surface area contributed by atoms with Crippen molar-refractivity contribution in [2.75, 3.05) is 0 Å². The normalized spacial score (nSPS) is 12.9. The maximum atomic E-state index is 11.8. The molecule has 0 saturated heterocycles. The van der Waals surface area contributed by atoms with Crippen LogP contribution >= 0.6 is 12.2 Å². The number of aromatic hydroxyl groups is 1. The molecule has 2 heterocycles. The van der Waals surface area contributed by atoms with E-state index in [-0.39, 0.29) is 33.8 Å². The van der Waals surface area contributed by atoms with E-state index in [1.807, 2.05) is 0 Å². The minimum Gasteiger partial charge on any atom is -0.507 e. The number of non-ortho nitro benzene ring substituents is 1. The average molecular weight is 304 g/mol. The monoisotopic (exact) mass is 304 g/mol. The Morgan fingerprint density at radius 2 is 2.14 bits per heavy atom. The Hall–Kier alpha value is -2.81. The number of aromatic nitrogens is 2. The van der Waals surface area contributed by atoms with E-state index in [1.165, 1.54) is 18.2 Å². The Labute approximate surface area is 122 Å². The molecule has 3 N–H and O–H groups in total. The van der Waals surface area contributed by atoms with Crippen LogP contribution in [0.25, 0.3) is 0 Å². The summed E-state index contributed by atoms with van der Waals surface area (Å²) in [6.45, 7) is 0. The highest BCUT2D eigenvalue weighted by Gasteiger charge is 2.23. The van der Waals surface area contributed by atoms with Crippen LogP contribution in [0.15, 0.2) is 28.0 Å². The van der Waals surface area contributed by atoms with Gasteiger partial charge in [-0.3, -0.25) is 19.9 Å². The van der Waals surface area contributed by atoms with E-state index in [2.05, 4.69) is 15.0 Å². The molecule has 0 amide bonds. The topological polar surface area (TPSA) is 124 Å². The number of nitrogens with zero attached hydrogens (tertiary/aromatic N) is 2. The summed E-state index contributed by atoms with van der Waals surface area (Å²) in [6, 6.07) is 3.65. The summed E-state index contributed by atoms with van der Waals surface area (Å²) in [4.78, 5) is 31.4. The molecule has 1 aromatic carbocycles. The molecule has 9 heteroatoms. The number of rotatable bonds is 2. The Kier molecular flexibility index (Phi) is 2.91. The second-order valence-electron chi connectivity index (χ2n) is 4.43. The van der Waals surface area contributed by atoms with Gasteiger partial charge in [-0.05, 0) is 18.3 Å². The lowest BCUT2D eigenvalue weighted by atomic mass is 10.0. The van der Waals surface area contributed by atoms with Gasteiger partial charge in [0.05, 0.1) is 16.2 Å². The lowest BCUT2D eigenvalue weighted by Crippen LogP contribution is -2.14. The van der Waals surface area contributed by atoms with Crippen LogP contribution in [0.5, 0.6) is 5.75 Å². The Morgan fingerprint density at radius 3 is 2.86 bits per heavy atom. The summed E-state index contributed by atoms with van der Waals surface area (Å²) in [7, 11) is 0. The van der Waals surface area contributed by atoms with Crippen LogP contribution in [-0.2, 0) is 6.42 Å². The first-order valence-corrected chi connectivity index (χ1v) is 6.27. The standard InChI is InChI=1S/C12H8N4O4S/c17-9-2-1-5(16(19)20)3-6(9)8-4-7-10(13-8)14-12(21)15-11(7)18/h1-3,17H,4H2,(H2,14,15,18,21). The summed E-state index contributed by atoms with van der Waals surface area (Å²) in [5, 5.41) is 20.7. The van der Waals surface area contributed by atoms with Crippen LogP contribution in [0.4, 0.5) is 11.5 Å². The summed E-state index contributed by atoms with van der Waals surface area (Å²) in [5.74, 6) is 0.173. The summed E-state index contributed by atoms with van der Waals surface area (Å²) in [5.41, 5.74) is 0.442. The molecule has 1 aliphatic heterocycles. The van der Waals surface area contributed by atoms with E-state index >= 15 is 0 Å². The Bertz CT molecular complexity index is 912. The second-order valence-corrected chi connectivity index (χ2v) is 4.84. The number of phenols is 1. The van der Waals surface area contributed by atoms with E-state index in [4.69, 9.17) is 12.2 Å². The van der Waals surface area contributed by atoms with E-state index < -0.39 is 4.92 Å². The molecular formula is C12H8N4O4S. The lowest BCUT2D eigenvalue weighted by Gasteiger charge is -2.03. The molecule has 0 saturated carbocycles. The highest BCUT2D eigenvalue weighted by molar-refractivity contribution is 7.71. The largest absolute Gasteiger partial charge is 0.507 e. The quantitative estimate of drug-likeness (QED) is 0.442. The fraction of sp³-hybridized carbons (Fsp3) is 0.0833. The molecule has 1 aromatic heterocycles. The first-order valence-electron chi connectivity index (χ1n) is 5.86. The van der Waals surface area contributed by atoms with Crippen molar-refractivity contribution in [2.24, 2.45) is 4.99 Å². The fourth-order valence-corrected chi connectivity index (χ4v) is 2.32. The number of hydrogen-bond acceptors (Lipinski definition) is 6. The van der Waals surface area contributed by atoms with E-state index in [9.17, 15) is 20.0 Å². The molecule has 3 rings (SSSR count). The maximum absolute atomic E-state index is 11.8. The zero-order valence-corrected chi connectivity index (χ0v) is 11.2. The smallest absolute Gasteiger partial charge is 0.270 e. The van der Waals surface area contributed by atoms with Crippen LogP contribution in [0.2, 0.25) is 0 Å². The van der Waals surface area contributed by atoms with Gasteiger partial charge in [0.25, 0.3) is 11.2 Å². The molecular weight excluding hydrogens is 296 g/mol. The van der Waals surface area contributed by atoms with Crippen molar-refractivity contribution in [3.05, 3.63) is 54.6 Å². The second kappa shape index (κ2) is 4.63. The molecule has 0 spiro atoms. The lowest BCUT2D eigenvalue weighted by molar-refractivity contribution is -0.384. The first-order chi connectivity index (χ1) is 9.95. The molecule has 0 bridgehead atoms. The number of benzene rings is 1. The third kappa shape index (κ3) is 2.23. The number of nitrogens with one attached hydrogen (secondary N) is 2. The molecule has 2 aromatic rings. The predicted octanol–water partition coefficient (Wildman–Crippen LogP) is 1.72. The van der Waals surface area contributed by atoms with E-state index in [0.717, 1.165) is 0 Å². The first kappa shape index (κ1) is 13.2. The van der Waals surface area contributed by atoms with Crippen molar-refractivity contribution < 1.29 is 10.0 Å². The number of nitro groups is 1. The van der Waals surface area contributed by atoms with Crippen molar-refractivity contribution in [3.8, 4) is 5.75 Å². The van der Waals surface area contributed by atoms with Gasteiger partial charge in [0.15, 0.2) is 4.77 Å². The molecule has 0 atom stereocenters. The van der Waals surface area contributed by atoms with Crippen LogP contribution in [0, 0.1) is 14.9 Å². The van der Waals surface area contributed by atoms with Gasteiger partial charge in [-0.15, -0.1) is 0 Å². The van der Waals surface area contributed by atoms with Crippen molar-refractivity contribution in [1.29, 1.82) is 0 Å². The minimum atomic E-state index is -0.564. The van der Waals surface area contributed by atoms with Gasteiger partial charge in [-0.25, -0.2) is 4.99 Å². The van der Waals surface area contributed by atoms with E-state index in [1.54, 1.807) is 0 Å².